The summed E-state index contributed by atoms with van der Waals surface area (Å²) < 4.78 is 15.1. The van der Waals surface area contributed by atoms with Crippen molar-refractivity contribution in [2.75, 3.05) is 5.32 Å². The molecule has 0 radical (unpaired) electrons. The largest absolute Gasteiger partial charge is 0.346 e. The van der Waals surface area contributed by atoms with E-state index in [1.165, 1.54) is 12.1 Å². The summed E-state index contributed by atoms with van der Waals surface area (Å²) >= 11 is 0. The van der Waals surface area contributed by atoms with Crippen molar-refractivity contribution in [3.05, 3.63) is 52.1 Å². The number of aryl methyl sites for hydroxylation is 1. The topological polar surface area (TPSA) is 80.2 Å². The Bertz CT molecular complexity index is 1030. The van der Waals surface area contributed by atoms with Gasteiger partial charge in [-0.15, -0.1) is 0 Å². The van der Waals surface area contributed by atoms with E-state index in [0.717, 1.165) is 25.7 Å². The number of halogens is 1. The summed E-state index contributed by atoms with van der Waals surface area (Å²) in [6, 6.07) is 4.34. The van der Waals surface area contributed by atoms with Gasteiger partial charge in [0.05, 0.1) is 11.3 Å². The molecule has 0 aliphatic heterocycles. The molecule has 3 rings (SSSR count). The van der Waals surface area contributed by atoms with E-state index in [0.29, 0.717) is 34.0 Å². The average molecular weight is 428 g/mol. The molecule has 0 bridgehead atoms. The van der Waals surface area contributed by atoms with Gasteiger partial charge >= 0.3 is 0 Å². The van der Waals surface area contributed by atoms with Gasteiger partial charge in [-0.3, -0.25) is 14.4 Å². The molecule has 7 heteroatoms. The number of carbonyl (C=O) groups excluding carboxylic acids is 3. The smallest absolute Gasteiger partial charge is 0.294 e. The van der Waals surface area contributed by atoms with Gasteiger partial charge in [-0.2, -0.15) is 0 Å². The summed E-state index contributed by atoms with van der Waals surface area (Å²) in [6.07, 6.45) is 3.81. The Morgan fingerprint density at radius 1 is 1.06 bits per heavy atom. The Hall–Kier alpha value is -2.96. The van der Waals surface area contributed by atoms with Crippen molar-refractivity contribution in [2.45, 2.75) is 59.4 Å². The molecule has 1 aromatic carbocycles. The third kappa shape index (κ3) is 4.70. The number of amides is 2. The molecule has 2 aromatic rings. The van der Waals surface area contributed by atoms with Gasteiger partial charge in [0.1, 0.15) is 5.82 Å². The zero-order valence-electron chi connectivity index (χ0n) is 18.8. The molecule has 0 unspecified atom stereocenters. The lowest BCUT2D eigenvalue weighted by Gasteiger charge is -2.26. The van der Waals surface area contributed by atoms with Gasteiger partial charge in [0.15, 0.2) is 0 Å². The Morgan fingerprint density at radius 2 is 1.71 bits per heavy atom. The fourth-order valence-electron chi connectivity index (χ4n) is 4.31. The first-order valence-electron chi connectivity index (χ1n) is 10.7. The summed E-state index contributed by atoms with van der Waals surface area (Å²) in [4.78, 5) is 38.5. The molecule has 1 saturated carbocycles. The van der Waals surface area contributed by atoms with E-state index in [1.54, 1.807) is 38.5 Å². The van der Waals surface area contributed by atoms with Crippen molar-refractivity contribution in [1.82, 2.24) is 9.88 Å². The number of nitrogens with one attached hydrogen (secondary N) is 2. The van der Waals surface area contributed by atoms with Gasteiger partial charge in [0, 0.05) is 24.5 Å². The van der Waals surface area contributed by atoms with Crippen LogP contribution in [0, 0.1) is 32.5 Å². The number of Topliss-reactive ketones (excluding diaryl/α,β-unsaturated/α-hetero) is 1. The molecule has 2 amide bonds. The second-order valence-corrected chi connectivity index (χ2v) is 8.67. The van der Waals surface area contributed by atoms with Gasteiger partial charge in [-0.1, -0.05) is 6.92 Å². The summed E-state index contributed by atoms with van der Waals surface area (Å²) in [5, 5.41) is 5.62. The van der Waals surface area contributed by atoms with Crippen LogP contribution in [0.3, 0.4) is 0 Å². The van der Waals surface area contributed by atoms with Crippen LogP contribution in [0.4, 0.5) is 10.1 Å². The van der Waals surface area contributed by atoms with Crippen LogP contribution < -0.4 is 10.6 Å². The lowest BCUT2D eigenvalue weighted by atomic mass is 9.87. The zero-order chi connectivity index (χ0) is 22.9. The van der Waals surface area contributed by atoms with Crippen LogP contribution >= 0.6 is 0 Å². The van der Waals surface area contributed by atoms with Crippen molar-refractivity contribution in [3.8, 4) is 0 Å². The molecule has 6 nitrogen and oxygen atoms in total. The highest BCUT2D eigenvalue weighted by Gasteiger charge is 2.30. The van der Waals surface area contributed by atoms with Crippen LogP contribution in [-0.4, -0.2) is 28.2 Å². The minimum Gasteiger partial charge on any atom is -0.346 e. The van der Waals surface area contributed by atoms with Crippen molar-refractivity contribution in [3.63, 3.8) is 0 Å². The van der Waals surface area contributed by atoms with Crippen LogP contribution in [0.1, 0.15) is 70.3 Å². The molecule has 1 heterocycles. The first-order chi connectivity index (χ1) is 14.6. The van der Waals surface area contributed by atoms with Crippen LogP contribution in [0.15, 0.2) is 18.2 Å². The zero-order valence-corrected chi connectivity index (χ0v) is 18.8. The number of anilines is 1. The van der Waals surface area contributed by atoms with Gasteiger partial charge in [-0.05, 0) is 81.7 Å². The van der Waals surface area contributed by atoms with Crippen molar-refractivity contribution in [1.29, 1.82) is 0 Å². The fraction of sp³-hybridized carbons (Fsp3) is 0.458. The van der Waals surface area contributed by atoms with Crippen molar-refractivity contribution < 1.29 is 18.8 Å². The highest BCUT2D eigenvalue weighted by Crippen LogP contribution is 2.25. The first kappa shape index (κ1) is 22.7. The number of ketones is 1. The highest BCUT2D eigenvalue weighted by atomic mass is 19.1. The molecule has 31 heavy (non-hydrogen) atoms. The van der Waals surface area contributed by atoms with Crippen LogP contribution in [0.2, 0.25) is 0 Å². The maximum Gasteiger partial charge on any atom is 0.294 e. The molecule has 1 aliphatic carbocycles. The van der Waals surface area contributed by atoms with Gasteiger partial charge in [-0.25, -0.2) is 4.39 Å². The Balaban J connectivity index is 1.80. The molecular weight excluding hydrogens is 397 g/mol. The number of aromatic nitrogens is 1. The minimum absolute atomic E-state index is 0.0128. The quantitative estimate of drug-likeness (QED) is 0.554. The Kier molecular flexibility index (Phi) is 6.62. The second kappa shape index (κ2) is 9.04. The van der Waals surface area contributed by atoms with E-state index in [9.17, 15) is 18.8 Å². The van der Waals surface area contributed by atoms with Crippen molar-refractivity contribution in [2.24, 2.45) is 13.0 Å². The number of nitrogens with zero attached hydrogens (tertiary/aromatic N) is 1. The molecule has 1 aromatic heterocycles. The first-order valence-corrected chi connectivity index (χ1v) is 10.7. The SMILES string of the molecule is Cc1cc(NC(=O)c2c(C)c(C(=O)C(=O)NC3CCC(C)CC3)n(C)c2C)ccc1F. The molecule has 1 aliphatic rings. The van der Waals surface area contributed by atoms with E-state index < -0.39 is 17.6 Å². The molecule has 0 atom stereocenters. The summed E-state index contributed by atoms with van der Waals surface area (Å²) in [7, 11) is 1.67. The lowest BCUT2D eigenvalue weighted by Crippen LogP contribution is -2.41. The average Bonchev–Trinajstić information content (AvgIpc) is 2.94. The molecule has 0 saturated heterocycles. The number of benzene rings is 1. The minimum atomic E-state index is -0.640. The van der Waals surface area contributed by atoms with E-state index >= 15 is 0 Å². The van der Waals surface area contributed by atoms with E-state index in [2.05, 4.69) is 17.6 Å². The Labute approximate surface area is 182 Å². The highest BCUT2D eigenvalue weighted by molar-refractivity contribution is 6.43. The predicted octanol–water partition coefficient (Wildman–Crippen LogP) is 4.22. The number of rotatable bonds is 5. The second-order valence-electron chi connectivity index (χ2n) is 8.67. The van der Waals surface area contributed by atoms with Gasteiger partial charge in [0.2, 0.25) is 0 Å². The molecular formula is C24H30FN3O3. The summed E-state index contributed by atoms with van der Waals surface area (Å²) in [6.45, 7) is 7.21. The molecule has 0 spiro atoms. The molecule has 2 N–H and O–H groups in total. The van der Waals surface area contributed by atoms with Crippen LogP contribution in [0.25, 0.3) is 0 Å². The van der Waals surface area contributed by atoms with E-state index in [1.807, 2.05) is 0 Å². The maximum atomic E-state index is 13.5. The lowest BCUT2D eigenvalue weighted by molar-refractivity contribution is -0.118. The third-order valence-corrected chi connectivity index (χ3v) is 6.35. The van der Waals surface area contributed by atoms with E-state index in [-0.39, 0.29) is 17.6 Å². The fourth-order valence-corrected chi connectivity index (χ4v) is 4.31. The Morgan fingerprint density at radius 3 is 2.32 bits per heavy atom. The standard InChI is InChI=1S/C24H30FN3O3/c1-13-6-8-17(9-7-13)26-24(31)22(29)21-15(3)20(16(4)28(21)5)23(30)27-18-10-11-19(25)14(2)12-18/h10-13,17H,6-9H2,1-5H3,(H,26,31)(H,27,30). The van der Waals surface area contributed by atoms with E-state index in [4.69, 9.17) is 0 Å². The van der Waals surface area contributed by atoms with Gasteiger partial charge < -0.3 is 15.2 Å². The normalized spacial score (nSPS) is 18.5. The van der Waals surface area contributed by atoms with Crippen molar-refractivity contribution >= 4 is 23.3 Å². The number of hydrogen-bond acceptors (Lipinski definition) is 3. The molecule has 166 valence electrons. The van der Waals surface area contributed by atoms with Crippen LogP contribution in [0.5, 0.6) is 0 Å². The van der Waals surface area contributed by atoms with Gasteiger partial charge in [0.25, 0.3) is 17.6 Å². The summed E-state index contributed by atoms with van der Waals surface area (Å²) in [5.41, 5.74) is 2.46. The predicted molar refractivity (Wildman–Crippen MR) is 118 cm³/mol. The monoisotopic (exact) mass is 427 g/mol. The molecule has 1 fully saturated rings. The number of hydrogen-bond donors (Lipinski definition) is 2. The van der Waals surface area contributed by atoms with Crippen LogP contribution in [-0.2, 0) is 11.8 Å². The number of carbonyl (C=O) groups is 3. The third-order valence-electron chi connectivity index (χ3n) is 6.35. The maximum absolute atomic E-state index is 13.5. The summed E-state index contributed by atoms with van der Waals surface area (Å²) in [5.74, 6) is -1.39.